The first-order valence-electron chi connectivity index (χ1n) is 7.12. The lowest BCUT2D eigenvalue weighted by Crippen LogP contribution is -2.42. The van der Waals surface area contributed by atoms with Crippen molar-refractivity contribution in [1.29, 1.82) is 0 Å². The SMILES string of the molecule is COC(=O)C(CCOCC1CCOCC1)NC(C)C. The summed E-state index contributed by atoms with van der Waals surface area (Å²) in [7, 11) is 1.42. The molecule has 1 N–H and O–H groups in total. The van der Waals surface area contributed by atoms with E-state index in [0.29, 0.717) is 18.9 Å². The first kappa shape index (κ1) is 16.4. The minimum atomic E-state index is -0.278. The second-order valence-electron chi connectivity index (χ2n) is 5.32. The predicted molar refractivity (Wildman–Crippen MR) is 73.1 cm³/mol. The zero-order chi connectivity index (χ0) is 14.1. The van der Waals surface area contributed by atoms with Crippen molar-refractivity contribution in [2.75, 3.05) is 33.5 Å². The molecule has 5 heteroatoms. The van der Waals surface area contributed by atoms with Gasteiger partial charge in [0, 0.05) is 32.5 Å². The second-order valence-corrected chi connectivity index (χ2v) is 5.32. The lowest BCUT2D eigenvalue weighted by molar-refractivity contribution is -0.143. The number of methoxy groups -OCH3 is 1. The number of rotatable bonds is 8. The number of ether oxygens (including phenoxy) is 3. The van der Waals surface area contributed by atoms with Crippen LogP contribution in [0.1, 0.15) is 33.1 Å². The molecule has 0 amide bonds. The van der Waals surface area contributed by atoms with Crippen LogP contribution >= 0.6 is 0 Å². The Morgan fingerprint density at radius 2 is 2.05 bits per heavy atom. The maximum atomic E-state index is 11.6. The average molecular weight is 273 g/mol. The molecule has 0 radical (unpaired) electrons. The summed E-state index contributed by atoms with van der Waals surface area (Å²) in [6, 6.07) is -0.0284. The molecule has 0 bridgehead atoms. The molecule has 0 spiro atoms. The van der Waals surface area contributed by atoms with Crippen molar-refractivity contribution in [3.8, 4) is 0 Å². The normalized spacial score (nSPS) is 18.5. The third kappa shape index (κ3) is 6.89. The van der Waals surface area contributed by atoms with Crippen LogP contribution in [0.2, 0.25) is 0 Å². The zero-order valence-corrected chi connectivity index (χ0v) is 12.3. The second kappa shape index (κ2) is 9.28. The third-order valence-electron chi connectivity index (χ3n) is 3.27. The lowest BCUT2D eigenvalue weighted by Gasteiger charge is -2.23. The molecule has 1 saturated heterocycles. The number of nitrogens with one attached hydrogen (secondary N) is 1. The molecule has 112 valence electrons. The molecule has 19 heavy (non-hydrogen) atoms. The van der Waals surface area contributed by atoms with E-state index >= 15 is 0 Å². The highest BCUT2D eigenvalue weighted by Gasteiger charge is 2.20. The molecule has 0 saturated carbocycles. The van der Waals surface area contributed by atoms with Gasteiger partial charge in [-0.1, -0.05) is 13.8 Å². The number of carbonyl (C=O) groups is 1. The van der Waals surface area contributed by atoms with Gasteiger partial charge in [0.2, 0.25) is 0 Å². The highest BCUT2D eigenvalue weighted by molar-refractivity contribution is 5.75. The summed E-state index contributed by atoms with van der Waals surface area (Å²) < 4.78 is 15.8. The number of esters is 1. The molecular weight excluding hydrogens is 246 g/mol. The van der Waals surface area contributed by atoms with Crippen molar-refractivity contribution in [3.63, 3.8) is 0 Å². The highest BCUT2D eigenvalue weighted by Crippen LogP contribution is 2.14. The lowest BCUT2D eigenvalue weighted by atomic mass is 10.0. The predicted octanol–water partition coefficient (Wildman–Crippen LogP) is 1.36. The van der Waals surface area contributed by atoms with E-state index in [2.05, 4.69) is 5.32 Å². The molecule has 1 rings (SSSR count). The van der Waals surface area contributed by atoms with Gasteiger partial charge in [0.05, 0.1) is 7.11 Å². The van der Waals surface area contributed by atoms with Gasteiger partial charge >= 0.3 is 5.97 Å². The van der Waals surface area contributed by atoms with Gasteiger partial charge in [-0.3, -0.25) is 4.79 Å². The first-order chi connectivity index (χ1) is 9.13. The molecule has 1 heterocycles. The number of carbonyl (C=O) groups excluding carboxylic acids is 1. The van der Waals surface area contributed by atoms with E-state index in [4.69, 9.17) is 14.2 Å². The molecule has 0 aromatic heterocycles. The van der Waals surface area contributed by atoms with Crippen molar-refractivity contribution in [2.45, 2.75) is 45.2 Å². The Labute approximate surface area is 116 Å². The smallest absolute Gasteiger partial charge is 0.322 e. The first-order valence-corrected chi connectivity index (χ1v) is 7.12. The molecule has 1 unspecified atom stereocenters. The summed E-state index contributed by atoms with van der Waals surface area (Å²) in [5.41, 5.74) is 0. The van der Waals surface area contributed by atoms with Crippen LogP contribution < -0.4 is 5.32 Å². The van der Waals surface area contributed by atoms with Crippen molar-refractivity contribution < 1.29 is 19.0 Å². The van der Waals surface area contributed by atoms with Gasteiger partial charge in [0.25, 0.3) is 0 Å². The van der Waals surface area contributed by atoms with Crippen LogP contribution in [0.5, 0.6) is 0 Å². The van der Waals surface area contributed by atoms with Crippen LogP contribution in [-0.2, 0) is 19.0 Å². The topological polar surface area (TPSA) is 56.8 Å². The number of hydrogen-bond acceptors (Lipinski definition) is 5. The van der Waals surface area contributed by atoms with E-state index in [1.54, 1.807) is 0 Å². The van der Waals surface area contributed by atoms with Crippen molar-refractivity contribution in [3.05, 3.63) is 0 Å². The molecule has 1 atom stereocenters. The van der Waals surface area contributed by atoms with E-state index in [1.807, 2.05) is 13.8 Å². The number of hydrogen-bond donors (Lipinski definition) is 1. The molecular formula is C14H27NO4. The van der Waals surface area contributed by atoms with Crippen LogP contribution in [0.3, 0.4) is 0 Å². The molecule has 0 aliphatic carbocycles. The Bertz CT molecular complexity index is 252. The molecule has 0 aromatic rings. The fourth-order valence-corrected chi connectivity index (χ4v) is 2.18. The molecule has 1 aliphatic rings. The summed E-state index contributed by atoms with van der Waals surface area (Å²) in [4.78, 5) is 11.6. The van der Waals surface area contributed by atoms with Crippen LogP contribution in [0.15, 0.2) is 0 Å². The van der Waals surface area contributed by atoms with Crippen LogP contribution in [0.25, 0.3) is 0 Å². The quantitative estimate of drug-likeness (QED) is 0.534. The van der Waals surface area contributed by atoms with E-state index in [0.717, 1.165) is 32.7 Å². The van der Waals surface area contributed by atoms with Gasteiger partial charge in [-0.25, -0.2) is 0 Å². The van der Waals surface area contributed by atoms with Crippen molar-refractivity contribution >= 4 is 5.97 Å². The largest absolute Gasteiger partial charge is 0.468 e. The van der Waals surface area contributed by atoms with Gasteiger partial charge in [-0.05, 0) is 25.2 Å². The Balaban J connectivity index is 2.17. The molecule has 1 fully saturated rings. The zero-order valence-electron chi connectivity index (χ0n) is 12.3. The van der Waals surface area contributed by atoms with Crippen molar-refractivity contribution in [2.24, 2.45) is 5.92 Å². The van der Waals surface area contributed by atoms with Gasteiger partial charge in [-0.15, -0.1) is 0 Å². The average Bonchev–Trinajstić information content (AvgIpc) is 2.42. The fourth-order valence-electron chi connectivity index (χ4n) is 2.18. The van der Waals surface area contributed by atoms with E-state index < -0.39 is 0 Å². The monoisotopic (exact) mass is 273 g/mol. The van der Waals surface area contributed by atoms with Crippen LogP contribution in [-0.4, -0.2) is 51.6 Å². The molecule has 5 nitrogen and oxygen atoms in total. The van der Waals surface area contributed by atoms with E-state index in [-0.39, 0.29) is 18.1 Å². The Hall–Kier alpha value is -0.650. The fraction of sp³-hybridized carbons (Fsp3) is 0.929. The van der Waals surface area contributed by atoms with E-state index in [9.17, 15) is 4.79 Å². The van der Waals surface area contributed by atoms with Gasteiger partial charge in [-0.2, -0.15) is 0 Å². The standard InChI is InChI=1S/C14H27NO4/c1-11(2)15-13(14(16)17-3)6-9-19-10-12-4-7-18-8-5-12/h11-13,15H,4-10H2,1-3H3. The maximum Gasteiger partial charge on any atom is 0.322 e. The van der Waals surface area contributed by atoms with Crippen molar-refractivity contribution in [1.82, 2.24) is 5.32 Å². The van der Waals surface area contributed by atoms with Gasteiger partial charge in [0.1, 0.15) is 6.04 Å². The summed E-state index contributed by atoms with van der Waals surface area (Å²) in [5.74, 6) is 0.381. The molecule has 1 aliphatic heterocycles. The van der Waals surface area contributed by atoms with Gasteiger partial charge < -0.3 is 19.5 Å². The minimum absolute atomic E-state index is 0.219. The highest BCUT2D eigenvalue weighted by atomic mass is 16.5. The maximum absolute atomic E-state index is 11.6. The van der Waals surface area contributed by atoms with E-state index in [1.165, 1.54) is 7.11 Å². The summed E-state index contributed by atoms with van der Waals surface area (Å²) in [6.07, 6.45) is 2.80. The summed E-state index contributed by atoms with van der Waals surface area (Å²) in [6.45, 7) is 7.05. The summed E-state index contributed by atoms with van der Waals surface area (Å²) in [5, 5.41) is 3.19. The summed E-state index contributed by atoms with van der Waals surface area (Å²) >= 11 is 0. The Morgan fingerprint density at radius 3 is 2.63 bits per heavy atom. The molecule has 0 aromatic carbocycles. The third-order valence-corrected chi connectivity index (χ3v) is 3.27. The Morgan fingerprint density at radius 1 is 1.37 bits per heavy atom. The van der Waals surface area contributed by atoms with Crippen LogP contribution in [0, 0.1) is 5.92 Å². The van der Waals surface area contributed by atoms with Gasteiger partial charge in [0.15, 0.2) is 0 Å². The minimum Gasteiger partial charge on any atom is -0.468 e. The van der Waals surface area contributed by atoms with Crippen LogP contribution in [0.4, 0.5) is 0 Å². The Kier molecular flexibility index (Phi) is 8.02.